The smallest absolute Gasteiger partial charge is 0.328 e. The molecule has 1 amide bonds. The number of ether oxygens (including phenoxy) is 1. The number of amides is 1. The molecule has 1 heterocycles. The number of benzene rings is 2. The molecular formula is C20H20FN3O4. The van der Waals surface area contributed by atoms with Crippen LogP contribution in [0.4, 0.5) is 10.1 Å². The summed E-state index contributed by atoms with van der Waals surface area (Å²) in [6, 6.07) is 13.0. The Hall–Kier alpha value is -3.42. The third-order valence-electron chi connectivity index (χ3n) is 4.40. The molecule has 2 aromatic carbocycles. The van der Waals surface area contributed by atoms with E-state index in [1.54, 1.807) is 19.2 Å². The Balaban J connectivity index is 1.60. The van der Waals surface area contributed by atoms with Crippen LogP contribution >= 0.6 is 0 Å². The Morgan fingerprint density at radius 3 is 2.46 bits per heavy atom. The third kappa shape index (κ3) is 3.95. The van der Waals surface area contributed by atoms with Crippen molar-refractivity contribution in [2.45, 2.75) is 26.0 Å². The molecule has 1 aromatic heterocycles. The number of nitrogens with zero attached hydrogens (tertiary/aromatic N) is 2. The summed E-state index contributed by atoms with van der Waals surface area (Å²) in [5.41, 5.74) is 1.25. The topological polar surface area (TPSA) is 82.3 Å². The minimum atomic E-state index is -1.10. The van der Waals surface area contributed by atoms with Crippen molar-refractivity contribution in [2.75, 3.05) is 5.32 Å². The first-order valence-electron chi connectivity index (χ1n) is 8.77. The van der Waals surface area contributed by atoms with Gasteiger partial charge in [0.05, 0.1) is 23.1 Å². The maximum absolute atomic E-state index is 13.6. The van der Waals surface area contributed by atoms with E-state index in [2.05, 4.69) is 5.32 Å². The molecule has 3 rings (SSSR count). The van der Waals surface area contributed by atoms with Gasteiger partial charge in [0.2, 0.25) is 0 Å². The number of rotatable bonds is 6. The van der Waals surface area contributed by atoms with Gasteiger partial charge in [0.15, 0.2) is 6.10 Å². The molecule has 0 fully saturated rings. The first-order valence-corrected chi connectivity index (χ1v) is 8.77. The lowest BCUT2D eigenvalue weighted by Gasteiger charge is -2.14. The standard InChI is InChI=1S/C20H20FN3O4/c1-13(19(26)22-15-8-4-3-7-14(15)21)28-18(25)11-12-24-17-10-6-5-9-16(17)23(2)20(24)27/h3-10,13H,11-12H2,1-2H3,(H,22,26). The Morgan fingerprint density at radius 2 is 1.75 bits per heavy atom. The molecule has 8 heteroatoms. The second-order valence-electron chi connectivity index (χ2n) is 6.33. The van der Waals surface area contributed by atoms with Crippen LogP contribution in [0, 0.1) is 5.82 Å². The van der Waals surface area contributed by atoms with Crippen molar-refractivity contribution in [1.29, 1.82) is 0 Å². The highest BCUT2D eigenvalue weighted by molar-refractivity contribution is 5.95. The summed E-state index contributed by atoms with van der Waals surface area (Å²) in [5.74, 6) is -1.85. The minimum Gasteiger partial charge on any atom is -0.452 e. The van der Waals surface area contributed by atoms with Crippen molar-refractivity contribution in [3.05, 3.63) is 64.8 Å². The van der Waals surface area contributed by atoms with E-state index in [-0.39, 0.29) is 24.3 Å². The zero-order valence-electron chi connectivity index (χ0n) is 15.5. The molecule has 146 valence electrons. The molecule has 7 nitrogen and oxygen atoms in total. The van der Waals surface area contributed by atoms with Gasteiger partial charge in [0.25, 0.3) is 5.91 Å². The number of nitrogens with one attached hydrogen (secondary N) is 1. The van der Waals surface area contributed by atoms with Crippen LogP contribution < -0.4 is 11.0 Å². The second-order valence-corrected chi connectivity index (χ2v) is 6.33. The number of anilines is 1. The fraction of sp³-hybridized carbons (Fsp3) is 0.250. The van der Waals surface area contributed by atoms with Gasteiger partial charge in [-0.05, 0) is 31.2 Å². The van der Waals surface area contributed by atoms with Gasteiger partial charge in [0.1, 0.15) is 5.82 Å². The van der Waals surface area contributed by atoms with Crippen molar-refractivity contribution in [3.8, 4) is 0 Å². The Labute approximate surface area is 160 Å². The molecule has 0 aliphatic heterocycles. The summed E-state index contributed by atoms with van der Waals surface area (Å²) in [6.45, 7) is 1.53. The SMILES string of the molecule is CC(OC(=O)CCn1c(=O)n(C)c2ccccc21)C(=O)Nc1ccccc1F. The summed E-state index contributed by atoms with van der Waals surface area (Å²) in [6.07, 6.45) is -1.18. The molecular weight excluding hydrogens is 365 g/mol. The van der Waals surface area contributed by atoms with Crippen molar-refractivity contribution >= 4 is 28.6 Å². The molecule has 0 saturated carbocycles. The number of para-hydroxylation sites is 3. The van der Waals surface area contributed by atoms with E-state index in [0.29, 0.717) is 5.52 Å². The predicted molar refractivity (Wildman–Crippen MR) is 102 cm³/mol. The number of aryl methyl sites for hydroxylation is 2. The van der Waals surface area contributed by atoms with Gasteiger partial charge in [-0.25, -0.2) is 9.18 Å². The summed E-state index contributed by atoms with van der Waals surface area (Å²) in [5, 5.41) is 2.38. The number of esters is 1. The summed E-state index contributed by atoms with van der Waals surface area (Å²) in [7, 11) is 1.66. The van der Waals surface area contributed by atoms with Gasteiger partial charge in [-0.2, -0.15) is 0 Å². The summed E-state index contributed by atoms with van der Waals surface area (Å²) < 4.78 is 21.7. The maximum Gasteiger partial charge on any atom is 0.328 e. The number of aromatic nitrogens is 2. The minimum absolute atomic E-state index is 0.0118. The van der Waals surface area contributed by atoms with Crippen LogP contribution in [0.25, 0.3) is 11.0 Å². The lowest BCUT2D eigenvalue weighted by Crippen LogP contribution is -2.31. The quantitative estimate of drug-likeness (QED) is 0.661. The highest BCUT2D eigenvalue weighted by atomic mass is 19.1. The maximum atomic E-state index is 13.6. The van der Waals surface area contributed by atoms with E-state index in [0.717, 1.165) is 5.52 Å². The predicted octanol–water partition coefficient (Wildman–Crippen LogP) is 2.44. The third-order valence-corrected chi connectivity index (χ3v) is 4.40. The number of carbonyl (C=O) groups is 2. The van der Waals surface area contributed by atoms with E-state index in [9.17, 15) is 18.8 Å². The number of hydrogen-bond acceptors (Lipinski definition) is 4. The van der Waals surface area contributed by atoms with Crippen LogP contribution in [0.3, 0.4) is 0 Å². The normalized spacial score (nSPS) is 12.0. The van der Waals surface area contributed by atoms with Gasteiger partial charge >= 0.3 is 11.7 Å². The Morgan fingerprint density at radius 1 is 1.11 bits per heavy atom. The Bertz CT molecular complexity index is 1090. The zero-order chi connectivity index (χ0) is 20.3. The van der Waals surface area contributed by atoms with Crippen LogP contribution in [-0.2, 0) is 27.9 Å². The molecule has 3 aromatic rings. The average molecular weight is 385 g/mol. The first-order chi connectivity index (χ1) is 13.4. The lowest BCUT2D eigenvalue weighted by atomic mass is 10.3. The number of fused-ring (bicyclic) bond motifs is 1. The van der Waals surface area contributed by atoms with Crippen molar-refractivity contribution in [1.82, 2.24) is 9.13 Å². The first kappa shape index (κ1) is 19.3. The van der Waals surface area contributed by atoms with E-state index in [4.69, 9.17) is 4.74 Å². The molecule has 1 atom stereocenters. The largest absolute Gasteiger partial charge is 0.452 e. The van der Waals surface area contributed by atoms with Crippen LogP contribution in [0.1, 0.15) is 13.3 Å². The van der Waals surface area contributed by atoms with Gasteiger partial charge in [0, 0.05) is 13.6 Å². The average Bonchev–Trinajstić information content (AvgIpc) is 2.92. The number of hydrogen-bond donors (Lipinski definition) is 1. The zero-order valence-corrected chi connectivity index (χ0v) is 15.5. The molecule has 28 heavy (non-hydrogen) atoms. The van der Waals surface area contributed by atoms with Crippen molar-refractivity contribution < 1.29 is 18.7 Å². The second kappa shape index (κ2) is 8.08. The monoisotopic (exact) mass is 385 g/mol. The van der Waals surface area contributed by atoms with Crippen molar-refractivity contribution in [2.24, 2.45) is 7.05 Å². The number of carbonyl (C=O) groups excluding carboxylic acids is 2. The molecule has 0 spiro atoms. The fourth-order valence-corrected chi connectivity index (χ4v) is 2.89. The van der Waals surface area contributed by atoms with Gasteiger partial charge in [-0.15, -0.1) is 0 Å². The lowest BCUT2D eigenvalue weighted by molar-refractivity contribution is -0.153. The van der Waals surface area contributed by atoms with E-state index < -0.39 is 23.8 Å². The molecule has 0 aliphatic carbocycles. The summed E-state index contributed by atoms with van der Waals surface area (Å²) >= 11 is 0. The van der Waals surface area contributed by atoms with E-state index in [1.807, 2.05) is 18.2 Å². The highest BCUT2D eigenvalue weighted by Gasteiger charge is 2.19. The molecule has 0 bridgehead atoms. The molecule has 0 aliphatic rings. The molecule has 1 N–H and O–H groups in total. The van der Waals surface area contributed by atoms with Gasteiger partial charge in [-0.3, -0.25) is 18.7 Å². The number of halogens is 1. The molecule has 0 saturated heterocycles. The molecule has 1 unspecified atom stereocenters. The van der Waals surface area contributed by atoms with Crippen LogP contribution in [-0.4, -0.2) is 27.1 Å². The number of imidazole rings is 1. The fourth-order valence-electron chi connectivity index (χ4n) is 2.89. The summed E-state index contributed by atoms with van der Waals surface area (Å²) in [4.78, 5) is 36.5. The molecule has 0 radical (unpaired) electrons. The van der Waals surface area contributed by atoms with E-state index in [1.165, 1.54) is 34.3 Å². The van der Waals surface area contributed by atoms with Gasteiger partial charge in [-0.1, -0.05) is 24.3 Å². The highest BCUT2D eigenvalue weighted by Crippen LogP contribution is 2.14. The van der Waals surface area contributed by atoms with Crippen LogP contribution in [0.15, 0.2) is 53.3 Å². The van der Waals surface area contributed by atoms with E-state index >= 15 is 0 Å². The Kier molecular flexibility index (Phi) is 5.58. The van der Waals surface area contributed by atoms with Crippen LogP contribution in [0.2, 0.25) is 0 Å². The van der Waals surface area contributed by atoms with Crippen molar-refractivity contribution in [3.63, 3.8) is 0 Å². The van der Waals surface area contributed by atoms with Crippen LogP contribution in [0.5, 0.6) is 0 Å². The van der Waals surface area contributed by atoms with Gasteiger partial charge < -0.3 is 10.1 Å².